The van der Waals surface area contributed by atoms with Crippen LogP contribution < -0.4 is 14.7 Å². The molecule has 2 aliphatic heterocycles. The van der Waals surface area contributed by atoms with E-state index in [9.17, 15) is 14.4 Å². The molecule has 8 nitrogen and oxygen atoms in total. The first-order valence-electron chi connectivity index (χ1n) is 11.4. The lowest BCUT2D eigenvalue weighted by Crippen LogP contribution is -2.37. The number of methoxy groups -OCH3 is 1. The highest BCUT2D eigenvalue weighted by atomic mass is 35.5. The van der Waals surface area contributed by atoms with Crippen molar-refractivity contribution < 1.29 is 28.7 Å². The van der Waals surface area contributed by atoms with Crippen molar-refractivity contribution in [1.29, 1.82) is 0 Å². The van der Waals surface area contributed by atoms with Gasteiger partial charge < -0.3 is 9.47 Å². The third-order valence-electron chi connectivity index (χ3n) is 6.29. The van der Waals surface area contributed by atoms with Gasteiger partial charge in [0.2, 0.25) is 5.91 Å². The minimum absolute atomic E-state index is 0.251. The fraction of sp³-hybridized carbons (Fsp3) is 0.222. The summed E-state index contributed by atoms with van der Waals surface area (Å²) < 4.78 is 10.3. The lowest BCUT2D eigenvalue weighted by atomic mass is 9.90. The molecule has 2 saturated heterocycles. The van der Waals surface area contributed by atoms with Crippen molar-refractivity contribution in [3.8, 4) is 5.75 Å². The summed E-state index contributed by atoms with van der Waals surface area (Å²) in [7, 11) is 1.58. The molecule has 3 aromatic carbocycles. The van der Waals surface area contributed by atoms with Crippen molar-refractivity contribution in [2.24, 2.45) is 5.92 Å². The molecule has 9 heteroatoms. The summed E-state index contributed by atoms with van der Waals surface area (Å²) in [5, 5.41) is 2.16. The summed E-state index contributed by atoms with van der Waals surface area (Å²) in [5.41, 5.74) is 2.16. The molecule has 2 heterocycles. The number of amides is 2. The fourth-order valence-corrected chi connectivity index (χ4v) is 4.71. The van der Waals surface area contributed by atoms with Crippen LogP contribution in [0, 0.1) is 5.92 Å². The molecule has 0 radical (unpaired) electrons. The Labute approximate surface area is 212 Å². The number of rotatable bonds is 6. The fourth-order valence-electron chi connectivity index (χ4n) is 4.58. The molecule has 0 saturated carbocycles. The Bertz CT molecular complexity index is 1290. The van der Waals surface area contributed by atoms with E-state index < -0.39 is 29.9 Å². The Hall–Kier alpha value is -3.88. The van der Waals surface area contributed by atoms with Crippen LogP contribution in [0.15, 0.2) is 72.8 Å². The molecule has 184 valence electrons. The predicted octanol–water partition coefficient (Wildman–Crippen LogP) is 4.58. The number of benzene rings is 3. The molecule has 0 spiro atoms. The van der Waals surface area contributed by atoms with Crippen LogP contribution in [0.1, 0.15) is 28.9 Å². The number of anilines is 2. The number of fused-ring (bicyclic) bond motifs is 1. The first-order chi connectivity index (χ1) is 17.4. The number of nitrogens with zero attached hydrogens (tertiary/aromatic N) is 2. The molecule has 0 N–H and O–H groups in total. The van der Waals surface area contributed by atoms with Gasteiger partial charge in [-0.3, -0.25) is 14.4 Å². The molecular formula is C27H23ClN2O6. The van der Waals surface area contributed by atoms with E-state index >= 15 is 0 Å². The van der Waals surface area contributed by atoms with Crippen molar-refractivity contribution >= 4 is 40.8 Å². The lowest BCUT2D eigenvalue weighted by Gasteiger charge is -2.29. The van der Waals surface area contributed by atoms with Gasteiger partial charge in [-0.15, -0.1) is 0 Å². The molecule has 0 aliphatic carbocycles. The quantitative estimate of drug-likeness (QED) is 0.357. The maximum absolute atomic E-state index is 13.7. The molecule has 2 fully saturated rings. The molecular weight excluding hydrogens is 484 g/mol. The smallest absolute Gasteiger partial charge is 0.338 e. The molecule has 2 amide bonds. The summed E-state index contributed by atoms with van der Waals surface area (Å²) in [6.07, 6.45) is -1.01. The minimum atomic E-state index is -1.01. The zero-order valence-corrected chi connectivity index (χ0v) is 20.3. The maximum Gasteiger partial charge on any atom is 0.338 e. The van der Waals surface area contributed by atoms with Gasteiger partial charge in [0.25, 0.3) is 5.91 Å². The Morgan fingerprint density at radius 3 is 2.17 bits per heavy atom. The van der Waals surface area contributed by atoms with Gasteiger partial charge in [-0.05, 0) is 73.2 Å². The first-order valence-corrected chi connectivity index (χ1v) is 11.8. The van der Waals surface area contributed by atoms with Gasteiger partial charge in [-0.1, -0.05) is 23.7 Å². The number of halogens is 1. The van der Waals surface area contributed by atoms with E-state index in [4.69, 9.17) is 25.9 Å². The number of hydrogen-bond acceptors (Lipinski definition) is 7. The summed E-state index contributed by atoms with van der Waals surface area (Å²) in [6.45, 7) is 1.97. The van der Waals surface area contributed by atoms with E-state index in [1.165, 1.54) is 12.1 Å². The second kappa shape index (κ2) is 9.64. The van der Waals surface area contributed by atoms with E-state index in [2.05, 4.69) is 0 Å². The second-order valence-corrected chi connectivity index (χ2v) is 8.79. The summed E-state index contributed by atoms with van der Waals surface area (Å²) in [4.78, 5) is 46.4. The number of imide groups is 1. The van der Waals surface area contributed by atoms with E-state index in [1.54, 1.807) is 67.6 Å². The minimum Gasteiger partial charge on any atom is -0.497 e. The Kier molecular flexibility index (Phi) is 6.38. The van der Waals surface area contributed by atoms with Gasteiger partial charge in [-0.25, -0.2) is 14.8 Å². The molecule has 3 aromatic rings. The Morgan fingerprint density at radius 1 is 0.917 bits per heavy atom. The van der Waals surface area contributed by atoms with Crippen LogP contribution >= 0.6 is 11.6 Å². The molecule has 3 atom stereocenters. The predicted molar refractivity (Wildman–Crippen MR) is 133 cm³/mol. The highest BCUT2D eigenvalue weighted by Gasteiger charge is 2.60. The topological polar surface area (TPSA) is 85.4 Å². The van der Waals surface area contributed by atoms with Crippen LogP contribution in [0.2, 0.25) is 5.02 Å². The van der Waals surface area contributed by atoms with Crippen molar-refractivity contribution in [3.63, 3.8) is 0 Å². The van der Waals surface area contributed by atoms with E-state index in [-0.39, 0.29) is 12.5 Å². The first kappa shape index (κ1) is 23.8. The zero-order chi connectivity index (χ0) is 25.4. The number of hydroxylamine groups is 1. The highest BCUT2D eigenvalue weighted by Crippen LogP contribution is 2.47. The average molecular weight is 507 g/mol. The van der Waals surface area contributed by atoms with Crippen molar-refractivity contribution in [2.45, 2.75) is 19.1 Å². The zero-order valence-electron chi connectivity index (χ0n) is 19.6. The normalized spacial score (nSPS) is 21.0. The Balaban J connectivity index is 1.50. The third kappa shape index (κ3) is 4.08. The van der Waals surface area contributed by atoms with Gasteiger partial charge in [0.15, 0.2) is 6.10 Å². The standard InChI is InChI=1S/C27H23ClN2O6/c1-3-35-27(33)17-4-10-19(11-5-17)29-25(31)22-23(16-6-14-21(34-2)15-7-16)30(36-24(22)26(29)32)20-12-8-18(28)9-13-20/h4-15,22-24H,3H2,1-2H3/t22-,23-,24+/m1/s1. The molecule has 0 aromatic heterocycles. The largest absolute Gasteiger partial charge is 0.497 e. The van der Waals surface area contributed by atoms with Crippen LogP contribution in [-0.4, -0.2) is 37.6 Å². The number of ether oxygens (including phenoxy) is 2. The monoisotopic (exact) mass is 506 g/mol. The van der Waals surface area contributed by atoms with Gasteiger partial charge in [0.05, 0.1) is 36.7 Å². The van der Waals surface area contributed by atoms with Crippen LogP contribution in [0.4, 0.5) is 11.4 Å². The number of carbonyl (C=O) groups is 3. The molecule has 36 heavy (non-hydrogen) atoms. The van der Waals surface area contributed by atoms with Crippen LogP contribution in [0.5, 0.6) is 5.75 Å². The SMILES string of the molecule is CCOC(=O)c1ccc(N2C(=O)[C@H]3[C@H](ON(c4ccc(Cl)cc4)[C@@H]3c3ccc(OC)cc3)C2=O)cc1. The van der Waals surface area contributed by atoms with Crippen LogP contribution in [-0.2, 0) is 19.2 Å². The average Bonchev–Trinajstić information content (AvgIpc) is 3.40. The summed E-state index contributed by atoms with van der Waals surface area (Å²) >= 11 is 6.07. The van der Waals surface area contributed by atoms with Gasteiger partial charge in [0, 0.05) is 5.02 Å². The summed E-state index contributed by atoms with van der Waals surface area (Å²) in [6, 6.07) is 19.9. The molecule has 0 bridgehead atoms. The van der Waals surface area contributed by atoms with E-state index in [0.29, 0.717) is 27.7 Å². The molecule has 2 aliphatic rings. The lowest BCUT2D eigenvalue weighted by molar-refractivity contribution is -0.126. The molecule has 0 unspecified atom stereocenters. The highest BCUT2D eigenvalue weighted by molar-refractivity contribution is 6.30. The third-order valence-corrected chi connectivity index (χ3v) is 6.54. The van der Waals surface area contributed by atoms with Crippen LogP contribution in [0.25, 0.3) is 0 Å². The van der Waals surface area contributed by atoms with Crippen molar-refractivity contribution in [3.05, 3.63) is 88.9 Å². The van der Waals surface area contributed by atoms with Gasteiger partial charge >= 0.3 is 5.97 Å². The summed E-state index contributed by atoms with van der Waals surface area (Å²) in [5.74, 6) is -1.44. The maximum atomic E-state index is 13.7. The van der Waals surface area contributed by atoms with Crippen LogP contribution in [0.3, 0.4) is 0 Å². The molecule has 5 rings (SSSR count). The Morgan fingerprint density at radius 2 is 1.56 bits per heavy atom. The van der Waals surface area contributed by atoms with Gasteiger partial charge in [0.1, 0.15) is 11.7 Å². The van der Waals surface area contributed by atoms with E-state index in [1.807, 2.05) is 12.1 Å². The number of carbonyl (C=O) groups excluding carboxylic acids is 3. The second-order valence-electron chi connectivity index (χ2n) is 8.35. The van der Waals surface area contributed by atoms with E-state index in [0.717, 1.165) is 10.5 Å². The van der Waals surface area contributed by atoms with Crippen molar-refractivity contribution in [1.82, 2.24) is 0 Å². The number of esters is 1. The van der Waals surface area contributed by atoms with Crippen molar-refractivity contribution in [2.75, 3.05) is 23.7 Å². The van der Waals surface area contributed by atoms with Gasteiger partial charge in [-0.2, -0.15) is 0 Å². The number of hydrogen-bond donors (Lipinski definition) is 0.